The molecule has 130 valence electrons. The minimum Gasteiger partial charge on any atom is -0.497 e. The van der Waals surface area contributed by atoms with Gasteiger partial charge >= 0.3 is 0 Å². The highest BCUT2D eigenvalue weighted by atomic mass is 16.5. The van der Waals surface area contributed by atoms with Gasteiger partial charge in [-0.3, -0.25) is 0 Å². The second kappa shape index (κ2) is 5.63. The fourth-order valence-electron chi connectivity index (χ4n) is 4.51. The van der Waals surface area contributed by atoms with Crippen molar-refractivity contribution in [2.75, 3.05) is 13.7 Å². The molecule has 1 saturated carbocycles. The van der Waals surface area contributed by atoms with Crippen molar-refractivity contribution in [3.05, 3.63) is 53.0 Å². The number of benzene rings is 1. The average Bonchev–Trinajstić information content (AvgIpc) is 3.26. The summed E-state index contributed by atoms with van der Waals surface area (Å²) in [6.45, 7) is 0.912. The lowest BCUT2D eigenvalue weighted by atomic mass is 9.77. The molecule has 1 saturated heterocycles. The molecule has 1 aliphatic carbocycles. The molecule has 2 unspecified atom stereocenters. The Morgan fingerprint density at radius 3 is 2.88 bits per heavy atom. The van der Waals surface area contributed by atoms with Crippen LogP contribution in [0.1, 0.15) is 37.7 Å². The van der Waals surface area contributed by atoms with Gasteiger partial charge in [-0.15, -0.1) is 0 Å². The average molecular weight is 337 g/mol. The van der Waals surface area contributed by atoms with E-state index in [0.29, 0.717) is 6.04 Å². The Morgan fingerprint density at radius 2 is 2.12 bits per heavy atom. The topological polar surface area (TPSA) is 54.9 Å². The molecule has 5 nitrogen and oxygen atoms in total. The number of amidine groups is 1. The van der Waals surface area contributed by atoms with Crippen LogP contribution in [0, 0.1) is 0 Å². The first-order valence-corrected chi connectivity index (χ1v) is 9.10. The highest BCUT2D eigenvalue weighted by molar-refractivity contribution is 6.01. The fourth-order valence-corrected chi connectivity index (χ4v) is 4.51. The number of nitrogens with one attached hydrogen (secondary N) is 2. The minimum atomic E-state index is 0.0759. The van der Waals surface area contributed by atoms with Crippen LogP contribution in [-0.2, 0) is 4.74 Å². The third kappa shape index (κ3) is 2.45. The molecule has 2 N–H and O–H groups in total. The Bertz CT molecular complexity index is 786. The van der Waals surface area contributed by atoms with E-state index in [1.807, 2.05) is 30.5 Å². The molecule has 5 rings (SSSR count). The molecule has 1 spiro atoms. The first-order chi connectivity index (χ1) is 12.3. The van der Waals surface area contributed by atoms with Gasteiger partial charge in [0, 0.05) is 18.6 Å². The lowest BCUT2D eigenvalue weighted by Gasteiger charge is -2.36. The molecule has 0 bridgehead atoms. The number of aliphatic imine (C=N–C) groups is 1. The SMILES string of the molecule is COc1ccc(C2=NC=C3NC4CCC5(CCCO5)CC4=C3N2)cc1. The van der Waals surface area contributed by atoms with E-state index < -0.39 is 0 Å². The van der Waals surface area contributed by atoms with Gasteiger partial charge in [-0.1, -0.05) is 0 Å². The Kier molecular flexibility index (Phi) is 3.38. The van der Waals surface area contributed by atoms with E-state index >= 15 is 0 Å². The summed E-state index contributed by atoms with van der Waals surface area (Å²) in [6, 6.07) is 8.44. The Morgan fingerprint density at radius 1 is 1.24 bits per heavy atom. The van der Waals surface area contributed by atoms with Crippen molar-refractivity contribution in [2.45, 2.75) is 43.7 Å². The van der Waals surface area contributed by atoms with Crippen molar-refractivity contribution in [1.82, 2.24) is 10.6 Å². The van der Waals surface area contributed by atoms with Crippen LogP contribution in [0.15, 0.2) is 52.4 Å². The molecule has 4 aliphatic rings. The van der Waals surface area contributed by atoms with Gasteiger partial charge in [0.25, 0.3) is 0 Å². The van der Waals surface area contributed by atoms with E-state index in [2.05, 4.69) is 15.6 Å². The van der Waals surface area contributed by atoms with Gasteiger partial charge in [0.1, 0.15) is 11.6 Å². The monoisotopic (exact) mass is 337 g/mol. The van der Waals surface area contributed by atoms with Crippen molar-refractivity contribution in [3.63, 3.8) is 0 Å². The highest BCUT2D eigenvalue weighted by Crippen LogP contribution is 2.45. The quantitative estimate of drug-likeness (QED) is 0.871. The molecule has 3 heterocycles. The second-order valence-corrected chi connectivity index (χ2v) is 7.32. The maximum absolute atomic E-state index is 6.15. The molecule has 25 heavy (non-hydrogen) atoms. The molecule has 2 fully saturated rings. The number of ether oxygens (including phenoxy) is 2. The summed E-state index contributed by atoms with van der Waals surface area (Å²) < 4.78 is 11.4. The fraction of sp³-hybridized carbons (Fsp3) is 0.450. The molecule has 5 heteroatoms. The van der Waals surface area contributed by atoms with Crippen LogP contribution < -0.4 is 15.4 Å². The predicted molar refractivity (Wildman–Crippen MR) is 96.5 cm³/mol. The molecule has 1 aromatic rings. The van der Waals surface area contributed by atoms with Gasteiger partial charge in [0.15, 0.2) is 0 Å². The number of rotatable bonds is 2. The number of fused-ring (bicyclic) bond motifs is 2. The van der Waals surface area contributed by atoms with Gasteiger partial charge in [0.2, 0.25) is 0 Å². The van der Waals surface area contributed by atoms with Crippen LogP contribution in [0.3, 0.4) is 0 Å². The van der Waals surface area contributed by atoms with E-state index in [0.717, 1.165) is 48.7 Å². The van der Waals surface area contributed by atoms with Gasteiger partial charge in [-0.25, -0.2) is 4.99 Å². The number of hydrogen-bond donors (Lipinski definition) is 2. The smallest absolute Gasteiger partial charge is 0.137 e. The molecule has 2 atom stereocenters. The van der Waals surface area contributed by atoms with Crippen LogP contribution in [0.2, 0.25) is 0 Å². The van der Waals surface area contributed by atoms with E-state index in [9.17, 15) is 0 Å². The first-order valence-electron chi connectivity index (χ1n) is 9.10. The summed E-state index contributed by atoms with van der Waals surface area (Å²) in [5.41, 5.74) is 4.93. The molecular weight excluding hydrogens is 314 g/mol. The number of methoxy groups -OCH3 is 1. The molecule has 0 radical (unpaired) electrons. The number of nitrogens with zero attached hydrogens (tertiary/aromatic N) is 1. The van der Waals surface area contributed by atoms with Crippen molar-refractivity contribution < 1.29 is 9.47 Å². The van der Waals surface area contributed by atoms with E-state index in [4.69, 9.17) is 9.47 Å². The summed E-state index contributed by atoms with van der Waals surface area (Å²) in [4.78, 5) is 4.62. The molecule has 1 aromatic carbocycles. The summed E-state index contributed by atoms with van der Waals surface area (Å²) in [7, 11) is 1.68. The van der Waals surface area contributed by atoms with E-state index in [1.54, 1.807) is 7.11 Å². The van der Waals surface area contributed by atoms with Crippen molar-refractivity contribution in [1.29, 1.82) is 0 Å². The van der Waals surface area contributed by atoms with E-state index in [-0.39, 0.29) is 5.60 Å². The zero-order chi connectivity index (χ0) is 16.9. The standard InChI is InChI=1S/C20H23N3O2/c1-24-14-5-3-13(4-6-14)19-21-12-17-18(23-19)15-11-20(8-2-10-25-20)9-7-16(15)22-17/h3-6,12,16,22H,2,7-11H2,1H3,(H,21,23). The highest BCUT2D eigenvalue weighted by Gasteiger charge is 2.45. The molecule has 0 amide bonds. The van der Waals surface area contributed by atoms with Crippen LogP contribution in [-0.4, -0.2) is 31.2 Å². The summed E-state index contributed by atoms with van der Waals surface area (Å²) in [6.07, 6.45) is 7.65. The Hall–Kier alpha value is -2.27. The van der Waals surface area contributed by atoms with Gasteiger partial charge in [-0.05, 0) is 55.5 Å². The van der Waals surface area contributed by atoms with Crippen molar-refractivity contribution in [2.24, 2.45) is 4.99 Å². The minimum absolute atomic E-state index is 0.0759. The van der Waals surface area contributed by atoms with Gasteiger partial charge < -0.3 is 20.1 Å². The summed E-state index contributed by atoms with van der Waals surface area (Å²) in [5, 5.41) is 7.21. The normalized spacial score (nSPS) is 30.2. The number of hydrogen-bond acceptors (Lipinski definition) is 5. The third-order valence-electron chi connectivity index (χ3n) is 5.86. The maximum atomic E-state index is 6.15. The largest absolute Gasteiger partial charge is 0.497 e. The first kappa shape index (κ1) is 15.0. The lowest BCUT2D eigenvalue weighted by molar-refractivity contribution is -0.0145. The Balaban J connectivity index is 1.45. The van der Waals surface area contributed by atoms with E-state index in [1.165, 1.54) is 24.1 Å². The van der Waals surface area contributed by atoms with Gasteiger partial charge in [0.05, 0.1) is 36.3 Å². The summed E-state index contributed by atoms with van der Waals surface area (Å²) >= 11 is 0. The zero-order valence-corrected chi connectivity index (χ0v) is 14.5. The van der Waals surface area contributed by atoms with Crippen LogP contribution >= 0.6 is 0 Å². The van der Waals surface area contributed by atoms with Crippen LogP contribution in [0.25, 0.3) is 0 Å². The molecule has 3 aliphatic heterocycles. The van der Waals surface area contributed by atoms with Crippen LogP contribution in [0.4, 0.5) is 0 Å². The predicted octanol–water partition coefficient (Wildman–Crippen LogP) is 2.85. The molecular formula is C20H23N3O2. The Labute approximate surface area is 147 Å². The van der Waals surface area contributed by atoms with Gasteiger partial charge in [-0.2, -0.15) is 0 Å². The lowest BCUT2D eigenvalue weighted by Crippen LogP contribution is -2.39. The molecule has 0 aromatic heterocycles. The summed E-state index contributed by atoms with van der Waals surface area (Å²) in [5.74, 6) is 1.75. The van der Waals surface area contributed by atoms with Crippen molar-refractivity contribution >= 4 is 5.84 Å². The van der Waals surface area contributed by atoms with Crippen molar-refractivity contribution in [3.8, 4) is 5.75 Å². The zero-order valence-electron chi connectivity index (χ0n) is 14.5. The maximum Gasteiger partial charge on any atom is 0.137 e. The van der Waals surface area contributed by atoms with Crippen LogP contribution in [0.5, 0.6) is 5.75 Å². The third-order valence-corrected chi connectivity index (χ3v) is 5.86. The second-order valence-electron chi connectivity index (χ2n) is 7.32.